The third kappa shape index (κ3) is 2.03. The molecule has 3 atom stereocenters. The molecule has 0 spiro atoms. The Balaban J connectivity index is 1.87. The predicted octanol–water partition coefficient (Wildman–Crippen LogP) is 0.413. The summed E-state index contributed by atoms with van der Waals surface area (Å²) in [5.74, 6) is 0.445. The van der Waals surface area contributed by atoms with Crippen LogP contribution in [0.1, 0.15) is 12.8 Å². The van der Waals surface area contributed by atoms with Crippen LogP contribution in [0.3, 0.4) is 0 Å². The van der Waals surface area contributed by atoms with Crippen LogP contribution in [0.2, 0.25) is 0 Å². The molecule has 0 radical (unpaired) electrons. The summed E-state index contributed by atoms with van der Waals surface area (Å²) in [6, 6.07) is 5.35. The quantitative estimate of drug-likeness (QED) is 0.814. The van der Waals surface area contributed by atoms with Gasteiger partial charge in [0.25, 0.3) is 0 Å². The Bertz CT molecular complexity index is 676. The Morgan fingerprint density at radius 3 is 2.81 bits per heavy atom. The summed E-state index contributed by atoms with van der Waals surface area (Å²) in [7, 11) is -3.53. The van der Waals surface area contributed by atoms with Crippen LogP contribution in [0.25, 0.3) is 0 Å². The summed E-state index contributed by atoms with van der Waals surface area (Å²) in [6.07, 6.45) is 0.954. The SMILES string of the molecule is O=S1(=O)c2c(cccc2N2CC[C@@H](O)C2)O[C@H]2CCN1C2. The second-order valence-electron chi connectivity index (χ2n) is 5.88. The van der Waals surface area contributed by atoms with Crippen molar-refractivity contribution in [2.24, 2.45) is 0 Å². The lowest BCUT2D eigenvalue weighted by Crippen LogP contribution is -2.30. The lowest BCUT2D eigenvalue weighted by Gasteiger charge is -2.24. The number of hydrogen-bond donors (Lipinski definition) is 1. The van der Waals surface area contributed by atoms with Gasteiger partial charge in [0.1, 0.15) is 16.7 Å². The third-order valence-electron chi connectivity index (χ3n) is 4.46. The van der Waals surface area contributed by atoms with Crippen LogP contribution in [0.4, 0.5) is 5.69 Å². The van der Waals surface area contributed by atoms with Crippen LogP contribution in [0.5, 0.6) is 5.75 Å². The number of aliphatic hydroxyl groups excluding tert-OH is 1. The molecule has 21 heavy (non-hydrogen) atoms. The zero-order chi connectivity index (χ0) is 14.6. The van der Waals surface area contributed by atoms with Gasteiger partial charge in [-0.25, -0.2) is 8.42 Å². The number of ether oxygens (including phenoxy) is 1. The fourth-order valence-electron chi connectivity index (χ4n) is 3.39. The van der Waals surface area contributed by atoms with Gasteiger partial charge >= 0.3 is 0 Å². The molecule has 0 saturated carbocycles. The molecule has 3 heterocycles. The molecule has 3 aliphatic rings. The first-order valence-corrected chi connectivity index (χ1v) is 8.72. The van der Waals surface area contributed by atoms with E-state index in [4.69, 9.17) is 4.74 Å². The summed E-state index contributed by atoms with van der Waals surface area (Å²) < 4.78 is 33.2. The molecule has 2 fully saturated rings. The Morgan fingerprint density at radius 1 is 1.19 bits per heavy atom. The first-order valence-electron chi connectivity index (χ1n) is 7.28. The Labute approximate surface area is 124 Å². The second-order valence-corrected chi connectivity index (χ2v) is 7.76. The fraction of sp³-hybridized carbons (Fsp3) is 0.571. The van der Waals surface area contributed by atoms with E-state index in [-0.39, 0.29) is 11.0 Å². The van der Waals surface area contributed by atoms with Crippen molar-refractivity contribution in [1.29, 1.82) is 0 Å². The van der Waals surface area contributed by atoms with Crippen molar-refractivity contribution in [2.75, 3.05) is 31.1 Å². The molecule has 1 unspecified atom stereocenters. The van der Waals surface area contributed by atoms with E-state index in [1.807, 2.05) is 11.0 Å². The summed E-state index contributed by atoms with van der Waals surface area (Å²) in [4.78, 5) is 2.20. The molecule has 2 bridgehead atoms. The van der Waals surface area contributed by atoms with Crippen LogP contribution in [0.15, 0.2) is 23.1 Å². The minimum Gasteiger partial charge on any atom is -0.487 e. The molecule has 1 aromatic carbocycles. The maximum Gasteiger partial charge on any atom is 0.248 e. The highest BCUT2D eigenvalue weighted by atomic mass is 32.2. The third-order valence-corrected chi connectivity index (χ3v) is 6.40. The van der Waals surface area contributed by atoms with E-state index in [2.05, 4.69) is 0 Å². The molecular weight excluding hydrogens is 292 g/mol. The van der Waals surface area contributed by atoms with Gasteiger partial charge in [-0.15, -0.1) is 0 Å². The lowest BCUT2D eigenvalue weighted by atomic mass is 10.2. The van der Waals surface area contributed by atoms with Crippen LogP contribution >= 0.6 is 0 Å². The number of rotatable bonds is 1. The van der Waals surface area contributed by atoms with E-state index >= 15 is 0 Å². The molecule has 7 heteroatoms. The van der Waals surface area contributed by atoms with E-state index in [1.54, 1.807) is 12.1 Å². The van der Waals surface area contributed by atoms with Gasteiger partial charge in [0, 0.05) is 19.6 Å². The molecule has 114 valence electrons. The zero-order valence-electron chi connectivity index (χ0n) is 11.6. The molecule has 4 rings (SSSR count). The summed E-state index contributed by atoms with van der Waals surface area (Å²) >= 11 is 0. The number of β-amino-alcohol motifs (C(OH)–C–C–N with tert-alkyl or cyclic N) is 1. The van der Waals surface area contributed by atoms with Gasteiger partial charge in [-0.1, -0.05) is 6.07 Å². The number of benzene rings is 1. The average molecular weight is 310 g/mol. The highest BCUT2D eigenvalue weighted by Crippen LogP contribution is 2.41. The Morgan fingerprint density at radius 2 is 2.05 bits per heavy atom. The molecule has 6 nitrogen and oxygen atoms in total. The van der Waals surface area contributed by atoms with Crippen LogP contribution in [-0.2, 0) is 10.0 Å². The van der Waals surface area contributed by atoms with Crippen LogP contribution in [0, 0.1) is 0 Å². The summed E-state index contributed by atoms with van der Waals surface area (Å²) in [6.45, 7) is 2.08. The average Bonchev–Trinajstić information content (AvgIpc) is 3.05. The van der Waals surface area contributed by atoms with Crippen molar-refractivity contribution in [3.05, 3.63) is 18.2 Å². The number of aliphatic hydroxyl groups is 1. The Kier molecular flexibility index (Phi) is 2.92. The van der Waals surface area contributed by atoms with Crippen molar-refractivity contribution in [3.8, 4) is 5.75 Å². The summed E-state index contributed by atoms with van der Waals surface area (Å²) in [5.41, 5.74) is 0.650. The Hall–Kier alpha value is -1.31. The maximum absolute atomic E-state index is 12.9. The number of anilines is 1. The van der Waals surface area contributed by atoms with E-state index in [0.717, 1.165) is 6.42 Å². The van der Waals surface area contributed by atoms with Crippen molar-refractivity contribution < 1.29 is 18.3 Å². The molecule has 2 saturated heterocycles. The van der Waals surface area contributed by atoms with Crippen molar-refractivity contribution in [3.63, 3.8) is 0 Å². The number of nitrogens with zero attached hydrogens (tertiary/aromatic N) is 2. The van der Waals surface area contributed by atoms with Gasteiger partial charge < -0.3 is 14.7 Å². The zero-order valence-corrected chi connectivity index (χ0v) is 12.4. The number of sulfonamides is 1. The normalized spacial score (nSPS) is 33.4. The minimum atomic E-state index is -3.53. The maximum atomic E-state index is 12.9. The lowest BCUT2D eigenvalue weighted by molar-refractivity contribution is 0.198. The number of hydrogen-bond acceptors (Lipinski definition) is 5. The molecular formula is C14H18N2O4S. The number of fused-ring (bicyclic) bond motifs is 3. The highest BCUT2D eigenvalue weighted by Gasteiger charge is 2.41. The first-order chi connectivity index (χ1) is 10.1. The standard InChI is InChI=1S/C14H18N2O4S/c17-10-4-6-15(8-10)12-2-1-3-13-14(12)21(18,19)16-7-5-11(9-16)20-13/h1-3,10-11,17H,4-9H2/t10-,11+/m1/s1. The smallest absolute Gasteiger partial charge is 0.248 e. The molecule has 1 N–H and O–H groups in total. The highest BCUT2D eigenvalue weighted by molar-refractivity contribution is 7.89. The van der Waals surface area contributed by atoms with Crippen molar-refractivity contribution in [2.45, 2.75) is 29.9 Å². The van der Waals surface area contributed by atoms with Gasteiger partial charge in [0.05, 0.1) is 18.3 Å². The predicted molar refractivity (Wildman–Crippen MR) is 77.1 cm³/mol. The molecule has 0 aromatic heterocycles. The minimum absolute atomic E-state index is 0.0551. The van der Waals surface area contributed by atoms with Gasteiger partial charge in [-0.05, 0) is 25.0 Å². The van der Waals surface area contributed by atoms with E-state index in [0.29, 0.717) is 44.0 Å². The monoisotopic (exact) mass is 310 g/mol. The second kappa shape index (κ2) is 4.59. The van der Waals surface area contributed by atoms with Gasteiger partial charge in [0.15, 0.2) is 0 Å². The van der Waals surface area contributed by atoms with Gasteiger partial charge in [-0.3, -0.25) is 0 Å². The van der Waals surface area contributed by atoms with Crippen LogP contribution < -0.4 is 9.64 Å². The van der Waals surface area contributed by atoms with E-state index in [9.17, 15) is 13.5 Å². The van der Waals surface area contributed by atoms with E-state index in [1.165, 1.54) is 4.31 Å². The fourth-order valence-corrected chi connectivity index (χ4v) is 5.19. The van der Waals surface area contributed by atoms with E-state index < -0.39 is 16.1 Å². The largest absolute Gasteiger partial charge is 0.487 e. The van der Waals surface area contributed by atoms with Crippen LogP contribution in [-0.4, -0.2) is 56.2 Å². The molecule has 1 aromatic rings. The molecule has 3 aliphatic heterocycles. The topological polar surface area (TPSA) is 70.1 Å². The van der Waals surface area contributed by atoms with Gasteiger partial charge in [-0.2, -0.15) is 4.31 Å². The molecule has 0 aliphatic carbocycles. The van der Waals surface area contributed by atoms with Gasteiger partial charge in [0.2, 0.25) is 10.0 Å². The first kappa shape index (κ1) is 13.4. The summed E-state index contributed by atoms with van der Waals surface area (Å²) in [5, 5.41) is 9.72. The van der Waals surface area contributed by atoms with Crippen molar-refractivity contribution >= 4 is 15.7 Å². The van der Waals surface area contributed by atoms with Crippen molar-refractivity contribution in [1.82, 2.24) is 4.31 Å². The molecule has 0 amide bonds.